The van der Waals surface area contributed by atoms with E-state index < -0.39 is 10.1 Å². The maximum absolute atomic E-state index is 12.6. The molecule has 0 fully saturated rings. The van der Waals surface area contributed by atoms with E-state index >= 15 is 0 Å². The van der Waals surface area contributed by atoms with Crippen molar-refractivity contribution < 1.29 is 36.7 Å². The molecule has 0 heterocycles. The monoisotopic (exact) mass is 571 g/mol. The number of fused-ring (bicyclic) bond motifs is 3. The Labute approximate surface area is 233 Å². The highest BCUT2D eigenvalue weighted by Crippen LogP contribution is 2.50. The van der Waals surface area contributed by atoms with Gasteiger partial charge in [0.15, 0.2) is 17.2 Å². The first-order valence-corrected chi connectivity index (χ1v) is 13.7. The van der Waals surface area contributed by atoms with Crippen LogP contribution in [0.4, 0.5) is 0 Å². The lowest BCUT2D eigenvalue weighted by atomic mass is 9.95. The third-order valence-corrected chi connectivity index (χ3v) is 7.28. The molecule has 11 heteroatoms. The van der Waals surface area contributed by atoms with E-state index in [1.807, 2.05) is 19.1 Å². The van der Waals surface area contributed by atoms with Gasteiger partial charge in [-0.05, 0) is 66.8 Å². The summed E-state index contributed by atoms with van der Waals surface area (Å²) < 4.78 is 51.5. The lowest BCUT2D eigenvalue weighted by Crippen LogP contribution is -2.26. The highest BCUT2D eigenvalue weighted by Gasteiger charge is 2.29. The zero-order valence-corrected chi connectivity index (χ0v) is 24.0. The Morgan fingerprint density at radius 1 is 0.900 bits per heavy atom. The summed E-state index contributed by atoms with van der Waals surface area (Å²) in [5, 5.41) is 2.96. The predicted molar refractivity (Wildman–Crippen MR) is 150 cm³/mol. The fourth-order valence-electron chi connectivity index (χ4n) is 4.57. The van der Waals surface area contributed by atoms with Gasteiger partial charge in [0, 0.05) is 12.5 Å². The molecular formula is C29H33NO9S. The van der Waals surface area contributed by atoms with E-state index in [1.54, 1.807) is 39.5 Å². The molecule has 0 aliphatic heterocycles. The number of nitrogens with one attached hydrogen (secondary N) is 1. The van der Waals surface area contributed by atoms with E-state index in [0.29, 0.717) is 35.7 Å². The molecule has 3 aromatic carbocycles. The van der Waals surface area contributed by atoms with E-state index in [2.05, 4.69) is 5.32 Å². The number of carbonyl (C=O) groups is 1. The number of ether oxygens (including phenoxy) is 4. The molecule has 1 atom stereocenters. The SMILES string of the molecule is COc1cc2c(c(OC)c1OC)-c1ccc(OC)c(=O)cc1[C@@H](NC(C)=O)CC2.Cc1ccc(S(=O)(=O)O)cc1. The van der Waals surface area contributed by atoms with Crippen molar-refractivity contribution in [1.82, 2.24) is 5.32 Å². The van der Waals surface area contributed by atoms with Crippen LogP contribution in [0.3, 0.4) is 0 Å². The van der Waals surface area contributed by atoms with Crippen molar-refractivity contribution in [2.75, 3.05) is 28.4 Å². The second-order valence-corrected chi connectivity index (χ2v) is 10.5. The van der Waals surface area contributed by atoms with Crippen LogP contribution in [0.15, 0.2) is 58.2 Å². The van der Waals surface area contributed by atoms with Crippen LogP contribution in [0.1, 0.15) is 36.1 Å². The van der Waals surface area contributed by atoms with Gasteiger partial charge in [0.25, 0.3) is 10.1 Å². The zero-order chi connectivity index (χ0) is 29.6. The van der Waals surface area contributed by atoms with Crippen LogP contribution < -0.4 is 29.7 Å². The largest absolute Gasteiger partial charge is 0.493 e. The van der Waals surface area contributed by atoms with Gasteiger partial charge < -0.3 is 24.3 Å². The molecule has 0 saturated heterocycles. The van der Waals surface area contributed by atoms with E-state index in [-0.39, 0.29) is 28.0 Å². The minimum Gasteiger partial charge on any atom is -0.493 e. The fraction of sp³-hybridized carbons (Fsp3) is 0.310. The van der Waals surface area contributed by atoms with Crippen LogP contribution in [0.5, 0.6) is 23.0 Å². The molecule has 0 unspecified atom stereocenters. The van der Waals surface area contributed by atoms with Gasteiger partial charge in [-0.25, -0.2) is 0 Å². The van der Waals surface area contributed by atoms with Crippen LogP contribution >= 0.6 is 0 Å². The van der Waals surface area contributed by atoms with Gasteiger partial charge in [-0.1, -0.05) is 23.8 Å². The number of rotatable bonds is 6. The van der Waals surface area contributed by atoms with Crippen LogP contribution in [-0.2, 0) is 21.3 Å². The van der Waals surface area contributed by atoms with E-state index in [1.165, 1.54) is 32.2 Å². The van der Waals surface area contributed by atoms with Crippen molar-refractivity contribution in [3.05, 3.63) is 75.4 Å². The van der Waals surface area contributed by atoms with E-state index in [0.717, 1.165) is 22.3 Å². The molecular weight excluding hydrogens is 538 g/mol. The minimum absolute atomic E-state index is 0.0666. The van der Waals surface area contributed by atoms with Crippen molar-refractivity contribution in [2.24, 2.45) is 0 Å². The Hall–Kier alpha value is -4.09. The van der Waals surface area contributed by atoms with Gasteiger partial charge >= 0.3 is 0 Å². The Kier molecular flexibility index (Phi) is 9.78. The number of hydrogen-bond donors (Lipinski definition) is 2. The van der Waals surface area contributed by atoms with Crippen molar-refractivity contribution >= 4 is 16.0 Å². The number of benzene rings is 2. The van der Waals surface area contributed by atoms with Crippen LogP contribution in [0, 0.1) is 6.92 Å². The number of methoxy groups -OCH3 is 4. The van der Waals surface area contributed by atoms with Crippen molar-refractivity contribution in [3.8, 4) is 34.1 Å². The second-order valence-electron chi connectivity index (χ2n) is 9.04. The summed E-state index contributed by atoms with van der Waals surface area (Å²) in [6, 6.07) is 12.6. The molecule has 40 heavy (non-hydrogen) atoms. The number of hydrogen-bond acceptors (Lipinski definition) is 8. The Morgan fingerprint density at radius 2 is 1.52 bits per heavy atom. The van der Waals surface area contributed by atoms with Crippen molar-refractivity contribution in [3.63, 3.8) is 0 Å². The Bertz CT molecular complexity index is 1550. The highest BCUT2D eigenvalue weighted by molar-refractivity contribution is 7.85. The number of carbonyl (C=O) groups excluding carboxylic acids is 1. The second kappa shape index (κ2) is 12.8. The van der Waals surface area contributed by atoms with E-state index in [4.69, 9.17) is 23.5 Å². The van der Waals surface area contributed by atoms with Gasteiger partial charge in [0.2, 0.25) is 17.1 Å². The standard InChI is InChI=1S/C22H25NO6.C7H8O3S/c1-12(24)23-16-8-6-13-10-19(27-3)21(28-4)22(29-5)20(13)14-7-9-18(26-2)17(25)11-15(14)16;1-6-2-4-7(5-3-6)11(8,9)10/h7,9-11,16H,6,8H2,1-5H3,(H,23,24);2-5H,1H3,(H,8,9,10)/t16-;/m0./s1. The quantitative estimate of drug-likeness (QED) is 0.419. The van der Waals surface area contributed by atoms with Gasteiger partial charge in [-0.3, -0.25) is 14.1 Å². The first-order valence-electron chi connectivity index (χ1n) is 12.3. The highest BCUT2D eigenvalue weighted by atomic mass is 32.2. The molecule has 0 bridgehead atoms. The molecule has 4 rings (SSSR count). The van der Waals surface area contributed by atoms with Gasteiger partial charge in [0.1, 0.15) is 0 Å². The average molecular weight is 572 g/mol. The van der Waals surface area contributed by atoms with Gasteiger partial charge in [-0.15, -0.1) is 0 Å². The lowest BCUT2D eigenvalue weighted by molar-refractivity contribution is -0.119. The third-order valence-electron chi connectivity index (χ3n) is 6.42. The molecule has 10 nitrogen and oxygen atoms in total. The molecule has 1 amide bonds. The van der Waals surface area contributed by atoms with E-state index in [9.17, 15) is 18.0 Å². The summed E-state index contributed by atoms with van der Waals surface area (Å²) >= 11 is 0. The van der Waals surface area contributed by atoms with Crippen molar-refractivity contribution in [1.29, 1.82) is 0 Å². The molecule has 1 aliphatic carbocycles. The molecule has 0 radical (unpaired) electrons. The molecule has 3 aromatic rings. The molecule has 0 saturated carbocycles. The summed E-state index contributed by atoms with van der Waals surface area (Å²) in [5.74, 6) is 1.60. The minimum atomic E-state index is -4.02. The summed E-state index contributed by atoms with van der Waals surface area (Å²) in [7, 11) is 2.12. The van der Waals surface area contributed by atoms with Crippen LogP contribution in [0.25, 0.3) is 11.1 Å². The summed E-state index contributed by atoms with van der Waals surface area (Å²) in [6.45, 7) is 3.31. The average Bonchev–Trinajstić information content (AvgIpc) is 3.15. The first kappa shape index (κ1) is 30.5. The predicted octanol–water partition coefficient (Wildman–Crippen LogP) is 4.11. The maximum atomic E-state index is 12.6. The molecule has 1 aliphatic rings. The summed E-state index contributed by atoms with van der Waals surface area (Å²) in [6.07, 6.45) is 1.27. The molecule has 0 aromatic heterocycles. The summed E-state index contributed by atoms with van der Waals surface area (Å²) in [4.78, 5) is 24.4. The van der Waals surface area contributed by atoms with Crippen LogP contribution in [-0.4, -0.2) is 47.3 Å². The third kappa shape index (κ3) is 6.72. The topological polar surface area (TPSA) is 137 Å². The lowest BCUT2D eigenvalue weighted by Gasteiger charge is -2.19. The number of aryl methyl sites for hydroxylation is 2. The number of amides is 1. The fourth-order valence-corrected chi connectivity index (χ4v) is 5.05. The molecule has 214 valence electrons. The van der Waals surface area contributed by atoms with Gasteiger partial charge in [0.05, 0.1) is 39.4 Å². The maximum Gasteiger partial charge on any atom is 0.294 e. The smallest absolute Gasteiger partial charge is 0.294 e. The first-order chi connectivity index (χ1) is 18.9. The van der Waals surface area contributed by atoms with Crippen molar-refractivity contribution in [2.45, 2.75) is 37.6 Å². The van der Waals surface area contributed by atoms with Crippen LogP contribution in [0.2, 0.25) is 0 Å². The zero-order valence-electron chi connectivity index (χ0n) is 23.2. The van der Waals surface area contributed by atoms with Gasteiger partial charge in [-0.2, -0.15) is 8.42 Å². The normalized spacial score (nSPS) is 13.8. The Morgan fingerprint density at radius 3 is 2.05 bits per heavy atom. The summed E-state index contributed by atoms with van der Waals surface area (Å²) in [5.41, 5.74) is 3.97. The molecule has 0 spiro atoms. The Balaban J connectivity index is 0.000000336. The molecule has 2 N–H and O–H groups in total.